The first-order valence-electron chi connectivity index (χ1n) is 7.78. The molecule has 120 valence electrons. The topological polar surface area (TPSA) is 67.3 Å². The number of amides is 1. The number of hydrogen-bond donors (Lipinski definition) is 1. The molecule has 1 saturated heterocycles. The molecule has 23 heavy (non-hydrogen) atoms. The second kappa shape index (κ2) is 7.09. The molecule has 3 rings (SSSR count). The number of carbonyl (C=O) groups is 1. The van der Waals surface area contributed by atoms with E-state index >= 15 is 0 Å². The van der Waals surface area contributed by atoms with Crippen LogP contribution in [0.1, 0.15) is 29.8 Å². The highest BCUT2D eigenvalue weighted by molar-refractivity contribution is 5.93. The van der Waals surface area contributed by atoms with Gasteiger partial charge in [-0.25, -0.2) is 9.97 Å². The molecule has 1 aliphatic heterocycles. The number of benzene rings is 1. The van der Waals surface area contributed by atoms with Crippen LogP contribution >= 0.6 is 0 Å². The van der Waals surface area contributed by atoms with Gasteiger partial charge in [0.2, 0.25) is 0 Å². The Bertz CT molecular complexity index is 684. The summed E-state index contributed by atoms with van der Waals surface area (Å²) in [5.74, 6) is 1.32. The number of anilines is 2. The van der Waals surface area contributed by atoms with E-state index in [1.807, 2.05) is 29.2 Å². The van der Waals surface area contributed by atoms with Gasteiger partial charge in [0.25, 0.3) is 5.91 Å². The van der Waals surface area contributed by atoms with Gasteiger partial charge in [0, 0.05) is 30.9 Å². The SMILES string of the molecule is COc1cccc(Nc2cc(C(=O)N3CCCCC3)ncn2)c1. The molecular formula is C17H20N4O2. The van der Waals surface area contributed by atoms with Crippen molar-refractivity contribution in [1.82, 2.24) is 14.9 Å². The fourth-order valence-electron chi connectivity index (χ4n) is 2.65. The standard InChI is InChI=1S/C17H20N4O2/c1-23-14-7-5-6-13(10-14)20-16-11-15(18-12-19-16)17(22)21-8-3-2-4-9-21/h5-7,10-12H,2-4,8-9H2,1H3,(H,18,19,20). The highest BCUT2D eigenvalue weighted by Crippen LogP contribution is 2.20. The summed E-state index contributed by atoms with van der Waals surface area (Å²) in [5.41, 5.74) is 1.27. The van der Waals surface area contributed by atoms with Crippen LogP contribution in [-0.2, 0) is 0 Å². The van der Waals surface area contributed by atoms with Crippen LogP contribution in [0.4, 0.5) is 11.5 Å². The summed E-state index contributed by atoms with van der Waals surface area (Å²) in [6, 6.07) is 9.24. The highest BCUT2D eigenvalue weighted by Gasteiger charge is 2.19. The van der Waals surface area contributed by atoms with Crippen molar-refractivity contribution in [3.05, 3.63) is 42.4 Å². The minimum Gasteiger partial charge on any atom is -0.497 e. The van der Waals surface area contributed by atoms with Crippen LogP contribution in [0.25, 0.3) is 0 Å². The van der Waals surface area contributed by atoms with E-state index in [2.05, 4.69) is 15.3 Å². The molecule has 0 aliphatic carbocycles. The van der Waals surface area contributed by atoms with Crippen molar-refractivity contribution in [2.75, 3.05) is 25.5 Å². The number of piperidine rings is 1. The summed E-state index contributed by atoms with van der Waals surface area (Å²) in [7, 11) is 1.62. The van der Waals surface area contributed by atoms with Crippen LogP contribution in [-0.4, -0.2) is 41.0 Å². The van der Waals surface area contributed by atoms with E-state index in [1.54, 1.807) is 13.2 Å². The van der Waals surface area contributed by atoms with Crippen LogP contribution in [0.2, 0.25) is 0 Å². The third kappa shape index (κ3) is 3.77. The van der Waals surface area contributed by atoms with Crippen molar-refractivity contribution in [3.8, 4) is 5.75 Å². The molecule has 6 nitrogen and oxygen atoms in total. The van der Waals surface area contributed by atoms with Crippen LogP contribution in [0.15, 0.2) is 36.7 Å². The number of ether oxygens (including phenoxy) is 1. The first-order chi connectivity index (χ1) is 11.3. The van der Waals surface area contributed by atoms with E-state index in [9.17, 15) is 4.79 Å². The van der Waals surface area contributed by atoms with Crippen molar-refractivity contribution < 1.29 is 9.53 Å². The maximum atomic E-state index is 12.5. The molecule has 0 radical (unpaired) electrons. The van der Waals surface area contributed by atoms with E-state index in [-0.39, 0.29) is 5.91 Å². The molecule has 1 aromatic heterocycles. The number of hydrogen-bond acceptors (Lipinski definition) is 5. The summed E-state index contributed by atoms with van der Waals surface area (Å²) in [6.07, 6.45) is 4.73. The third-order valence-electron chi connectivity index (χ3n) is 3.87. The minimum atomic E-state index is -0.0270. The lowest BCUT2D eigenvalue weighted by atomic mass is 10.1. The largest absolute Gasteiger partial charge is 0.497 e. The Morgan fingerprint density at radius 1 is 1.17 bits per heavy atom. The van der Waals surface area contributed by atoms with E-state index in [0.29, 0.717) is 11.5 Å². The van der Waals surface area contributed by atoms with Crippen LogP contribution < -0.4 is 10.1 Å². The number of rotatable bonds is 4. The number of nitrogens with zero attached hydrogens (tertiary/aromatic N) is 3. The van der Waals surface area contributed by atoms with Crippen molar-refractivity contribution >= 4 is 17.4 Å². The molecule has 1 amide bonds. The lowest BCUT2D eigenvalue weighted by Gasteiger charge is -2.26. The smallest absolute Gasteiger partial charge is 0.272 e. The summed E-state index contributed by atoms with van der Waals surface area (Å²) >= 11 is 0. The molecule has 1 fully saturated rings. The lowest BCUT2D eigenvalue weighted by molar-refractivity contribution is 0.0718. The van der Waals surface area contributed by atoms with Crippen molar-refractivity contribution in [1.29, 1.82) is 0 Å². The van der Waals surface area contributed by atoms with Gasteiger partial charge in [0.15, 0.2) is 0 Å². The van der Waals surface area contributed by atoms with Gasteiger partial charge < -0.3 is 15.0 Å². The van der Waals surface area contributed by atoms with E-state index in [1.165, 1.54) is 12.7 Å². The Labute approximate surface area is 135 Å². The second-order valence-corrected chi connectivity index (χ2v) is 5.50. The van der Waals surface area contributed by atoms with Gasteiger partial charge in [-0.2, -0.15) is 0 Å². The Kier molecular flexibility index (Phi) is 4.71. The summed E-state index contributed by atoms with van der Waals surface area (Å²) < 4.78 is 5.20. The average Bonchev–Trinajstić information content (AvgIpc) is 2.62. The average molecular weight is 312 g/mol. The van der Waals surface area contributed by atoms with Gasteiger partial charge in [-0.05, 0) is 31.4 Å². The maximum Gasteiger partial charge on any atom is 0.272 e. The van der Waals surface area contributed by atoms with Crippen LogP contribution in [0.5, 0.6) is 5.75 Å². The Balaban J connectivity index is 1.75. The van der Waals surface area contributed by atoms with Crippen molar-refractivity contribution in [2.24, 2.45) is 0 Å². The molecule has 1 N–H and O–H groups in total. The zero-order chi connectivity index (χ0) is 16.1. The van der Waals surface area contributed by atoms with Crippen molar-refractivity contribution in [2.45, 2.75) is 19.3 Å². The molecular weight excluding hydrogens is 292 g/mol. The zero-order valence-electron chi connectivity index (χ0n) is 13.2. The molecule has 1 aromatic carbocycles. The molecule has 2 aromatic rings. The predicted molar refractivity (Wildman–Crippen MR) is 88.1 cm³/mol. The first kappa shape index (κ1) is 15.3. The number of aromatic nitrogens is 2. The first-order valence-corrected chi connectivity index (χ1v) is 7.78. The third-order valence-corrected chi connectivity index (χ3v) is 3.87. The Morgan fingerprint density at radius 2 is 2.00 bits per heavy atom. The molecule has 2 heterocycles. The Hall–Kier alpha value is -2.63. The zero-order valence-corrected chi connectivity index (χ0v) is 13.2. The molecule has 0 bridgehead atoms. The molecule has 0 saturated carbocycles. The van der Waals surface area contributed by atoms with Gasteiger partial charge in [0.1, 0.15) is 23.6 Å². The lowest BCUT2D eigenvalue weighted by Crippen LogP contribution is -2.36. The monoisotopic (exact) mass is 312 g/mol. The molecule has 6 heteroatoms. The van der Waals surface area contributed by atoms with Gasteiger partial charge in [-0.3, -0.25) is 4.79 Å². The van der Waals surface area contributed by atoms with E-state index in [0.717, 1.165) is 37.4 Å². The highest BCUT2D eigenvalue weighted by atomic mass is 16.5. The van der Waals surface area contributed by atoms with Gasteiger partial charge in [-0.1, -0.05) is 6.07 Å². The molecule has 1 aliphatic rings. The molecule has 0 atom stereocenters. The van der Waals surface area contributed by atoms with Crippen molar-refractivity contribution in [3.63, 3.8) is 0 Å². The van der Waals surface area contributed by atoms with Gasteiger partial charge in [-0.15, -0.1) is 0 Å². The summed E-state index contributed by atoms with van der Waals surface area (Å²) in [6.45, 7) is 1.61. The minimum absolute atomic E-state index is 0.0270. The second-order valence-electron chi connectivity index (χ2n) is 5.50. The Morgan fingerprint density at radius 3 is 2.78 bits per heavy atom. The number of methoxy groups -OCH3 is 1. The van der Waals surface area contributed by atoms with Gasteiger partial charge >= 0.3 is 0 Å². The summed E-state index contributed by atoms with van der Waals surface area (Å²) in [4.78, 5) is 22.7. The maximum absolute atomic E-state index is 12.5. The molecule has 0 spiro atoms. The fraction of sp³-hybridized carbons (Fsp3) is 0.353. The van der Waals surface area contributed by atoms with E-state index < -0.39 is 0 Å². The van der Waals surface area contributed by atoms with Gasteiger partial charge in [0.05, 0.1) is 7.11 Å². The number of nitrogens with one attached hydrogen (secondary N) is 1. The number of likely N-dealkylation sites (tertiary alicyclic amines) is 1. The molecule has 0 unspecified atom stereocenters. The fourth-order valence-corrected chi connectivity index (χ4v) is 2.65. The van der Waals surface area contributed by atoms with Crippen LogP contribution in [0.3, 0.4) is 0 Å². The summed E-state index contributed by atoms with van der Waals surface area (Å²) in [5, 5.41) is 3.17. The predicted octanol–water partition coefficient (Wildman–Crippen LogP) is 2.85. The quantitative estimate of drug-likeness (QED) is 0.940. The van der Waals surface area contributed by atoms with E-state index in [4.69, 9.17) is 4.74 Å². The van der Waals surface area contributed by atoms with Crippen LogP contribution in [0, 0.1) is 0 Å². The number of carbonyl (C=O) groups excluding carboxylic acids is 1. The normalized spacial score (nSPS) is 14.4.